The molecule has 1 amide bonds. The van der Waals surface area contributed by atoms with Crippen molar-refractivity contribution >= 4 is 5.91 Å². The molecule has 1 unspecified atom stereocenters. The van der Waals surface area contributed by atoms with Crippen molar-refractivity contribution < 1.29 is 19.0 Å². The van der Waals surface area contributed by atoms with E-state index in [1.807, 2.05) is 0 Å². The standard InChI is InChI=1S/C18H26FN3O3/c19-16-3-1-2-4-17(16)25-13-15(23)11-21-7-9-22(10-8-21)12-18(24)20-14-5-6-14/h1-4,14-15,23H,5-13H2,(H,20,24). The van der Waals surface area contributed by atoms with Crippen molar-refractivity contribution in [1.29, 1.82) is 0 Å². The Labute approximate surface area is 147 Å². The summed E-state index contributed by atoms with van der Waals surface area (Å²) in [6.07, 6.45) is 1.53. The monoisotopic (exact) mass is 351 g/mol. The lowest BCUT2D eigenvalue weighted by molar-refractivity contribution is -0.122. The van der Waals surface area contributed by atoms with Crippen LogP contribution in [-0.4, -0.2) is 78.8 Å². The van der Waals surface area contributed by atoms with Crippen LogP contribution in [0, 0.1) is 5.82 Å². The van der Waals surface area contributed by atoms with E-state index in [9.17, 15) is 14.3 Å². The second-order valence-corrected chi connectivity index (χ2v) is 6.81. The van der Waals surface area contributed by atoms with Crippen LogP contribution in [0.4, 0.5) is 4.39 Å². The molecule has 7 heteroatoms. The second kappa shape index (κ2) is 8.60. The molecule has 3 rings (SSSR count). The van der Waals surface area contributed by atoms with E-state index in [2.05, 4.69) is 15.1 Å². The van der Waals surface area contributed by atoms with Crippen LogP contribution >= 0.6 is 0 Å². The Morgan fingerprint density at radius 3 is 2.60 bits per heavy atom. The van der Waals surface area contributed by atoms with Crippen LogP contribution < -0.4 is 10.1 Å². The van der Waals surface area contributed by atoms with Gasteiger partial charge in [-0.25, -0.2) is 4.39 Å². The maximum atomic E-state index is 13.5. The molecule has 1 aliphatic heterocycles. The number of carbonyl (C=O) groups excluding carboxylic acids is 1. The van der Waals surface area contributed by atoms with Crippen LogP contribution in [0.2, 0.25) is 0 Å². The molecule has 138 valence electrons. The normalized spacial score (nSPS) is 20.2. The first-order valence-electron chi connectivity index (χ1n) is 8.89. The SMILES string of the molecule is O=C(CN1CCN(CC(O)COc2ccccc2F)CC1)NC1CC1. The van der Waals surface area contributed by atoms with Gasteiger partial charge in [0, 0.05) is 38.8 Å². The number of piperazine rings is 1. The minimum absolute atomic E-state index is 0.0605. The summed E-state index contributed by atoms with van der Waals surface area (Å²) in [6, 6.07) is 6.58. The Hall–Kier alpha value is -1.70. The number of ether oxygens (including phenoxy) is 1. The summed E-state index contributed by atoms with van der Waals surface area (Å²) in [5.74, 6) is -0.157. The number of nitrogens with zero attached hydrogens (tertiary/aromatic N) is 2. The Bertz CT molecular complexity index is 574. The topological polar surface area (TPSA) is 65.0 Å². The first-order chi connectivity index (χ1) is 12.1. The average molecular weight is 351 g/mol. The Morgan fingerprint density at radius 1 is 1.24 bits per heavy atom. The number of hydrogen-bond acceptors (Lipinski definition) is 5. The van der Waals surface area contributed by atoms with Gasteiger partial charge >= 0.3 is 0 Å². The Balaban J connectivity index is 1.32. The molecule has 1 atom stereocenters. The van der Waals surface area contributed by atoms with E-state index in [0.29, 0.717) is 19.1 Å². The Kier molecular flexibility index (Phi) is 6.23. The van der Waals surface area contributed by atoms with E-state index >= 15 is 0 Å². The van der Waals surface area contributed by atoms with E-state index < -0.39 is 11.9 Å². The minimum atomic E-state index is -0.677. The van der Waals surface area contributed by atoms with Crippen molar-refractivity contribution in [3.63, 3.8) is 0 Å². The predicted molar refractivity (Wildman–Crippen MR) is 91.9 cm³/mol. The van der Waals surface area contributed by atoms with Crippen molar-refractivity contribution in [1.82, 2.24) is 15.1 Å². The fraction of sp³-hybridized carbons (Fsp3) is 0.611. The molecule has 1 aromatic rings. The number of amides is 1. The summed E-state index contributed by atoms with van der Waals surface area (Å²) in [7, 11) is 0. The molecular weight excluding hydrogens is 325 g/mol. The zero-order chi connectivity index (χ0) is 17.6. The quantitative estimate of drug-likeness (QED) is 0.713. The number of para-hydroxylation sites is 1. The summed E-state index contributed by atoms with van der Waals surface area (Å²) in [4.78, 5) is 16.1. The highest BCUT2D eigenvalue weighted by atomic mass is 19.1. The lowest BCUT2D eigenvalue weighted by atomic mass is 10.2. The van der Waals surface area contributed by atoms with Gasteiger partial charge in [-0.2, -0.15) is 0 Å². The molecule has 1 aromatic carbocycles. The number of benzene rings is 1. The van der Waals surface area contributed by atoms with E-state index in [-0.39, 0.29) is 18.3 Å². The second-order valence-electron chi connectivity index (χ2n) is 6.81. The smallest absolute Gasteiger partial charge is 0.234 e. The van der Waals surface area contributed by atoms with Gasteiger partial charge in [-0.15, -0.1) is 0 Å². The van der Waals surface area contributed by atoms with Gasteiger partial charge in [0.15, 0.2) is 11.6 Å². The van der Waals surface area contributed by atoms with E-state index in [1.54, 1.807) is 18.2 Å². The number of nitrogens with one attached hydrogen (secondary N) is 1. The van der Waals surface area contributed by atoms with Crippen LogP contribution in [0.15, 0.2) is 24.3 Å². The van der Waals surface area contributed by atoms with E-state index in [0.717, 1.165) is 39.0 Å². The number of hydrogen-bond donors (Lipinski definition) is 2. The third-order valence-corrected chi connectivity index (χ3v) is 4.51. The van der Waals surface area contributed by atoms with E-state index in [4.69, 9.17) is 4.74 Å². The molecule has 1 aliphatic carbocycles. The summed E-state index contributed by atoms with van der Waals surface area (Å²) >= 11 is 0. The third-order valence-electron chi connectivity index (χ3n) is 4.51. The highest BCUT2D eigenvalue weighted by Crippen LogP contribution is 2.18. The molecule has 25 heavy (non-hydrogen) atoms. The fourth-order valence-electron chi connectivity index (χ4n) is 2.93. The molecule has 1 saturated heterocycles. The van der Waals surface area contributed by atoms with Crippen LogP contribution in [0.1, 0.15) is 12.8 Å². The zero-order valence-corrected chi connectivity index (χ0v) is 14.4. The molecule has 0 aromatic heterocycles. The number of halogens is 1. The van der Waals surface area contributed by atoms with Crippen molar-refractivity contribution in [2.75, 3.05) is 45.9 Å². The summed E-state index contributed by atoms with van der Waals surface area (Å²) in [6.45, 7) is 4.20. The van der Waals surface area contributed by atoms with E-state index in [1.165, 1.54) is 6.07 Å². The fourth-order valence-corrected chi connectivity index (χ4v) is 2.93. The van der Waals surface area contributed by atoms with Crippen LogP contribution in [0.3, 0.4) is 0 Å². The van der Waals surface area contributed by atoms with Gasteiger partial charge in [-0.3, -0.25) is 14.6 Å². The number of carbonyl (C=O) groups is 1. The van der Waals surface area contributed by atoms with Gasteiger partial charge in [0.1, 0.15) is 12.7 Å². The maximum Gasteiger partial charge on any atom is 0.234 e. The van der Waals surface area contributed by atoms with Gasteiger partial charge in [0.2, 0.25) is 5.91 Å². The minimum Gasteiger partial charge on any atom is -0.488 e. The molecular formula is C18H26FN3O3. The van der Waals surface area contributed by atoms with Gasteiger partial charge in [0.25, 0.3) is 0 Å². The Morgan fingerprint density at radius 2 is 1.92 bits per heavy atom. The lowest BCUT2D eigenvalue weighted by Gasteiger charge is -2.35. The number of aliphatic hydroxyl groups excluding tert-OH is 1. The van der Waals surface area contributed by atoms with Gasteiger partial charge in [-0.05, 0) is 25.0 Å². The molecule has 0 radical (unpaired) electrons. The average Bonchev–Trinajstić information content (AvgIpc) is 3.40. The van der Waals surface area contributed by atoms with Crippen molar-refractivity contribution in [3.8, 4) is 5.75 Å². The summed E-state index contributed by atoms with van der Waals surface area (Å²) in [5, 5.41) is 13.1. The summed E-state index contributed by atoms with van der Waals surface area (Å²) < 4.78 is 18.8. The van der Waals surface area contributed by atoms with Crippen LogP contribution in [0.5, 0.6) is 5.75 Å². The maximum absolute atomic E-state index is 13.5. The molecule has 1 heterocycles. The number of β-amino-alcohol motifs (C(OH)–C–C–N with tert-alkyl or cyclic N) is 1. The highest BCUT2D eigenvalue weighted by molar-refractivity contribution is 5.78. The van der Waals surface area contributed by atoms with Crippen molar-refractivity contribution in [2.24, 2.45) is 0 Å². The molecule has 2 fully saturated rings. The van der Waals surface area contributed by atoms with Gasteiger partial charge in [-0.1, -0.05) is 12.1 Å². The molecule has 0 bridgehead atoms. The molecule has 2 N–H and O–H groups in total. The number of aliphatic hydroxyl groups is 1. The third kappa shape index (κ3) is 5.95. The van der Waals surface area contributed by atoms with Crippen molar-refractivity contribution in [3.05, 3.63) is 30.1 Å². The van der Waals surface area contributed by atoms with Crippen molar-refractivity contribution in [2.45, 2.75) is 25.0 Å². The molecule has 6 nitrogen and oxygen atoms in total. The number of rotatable bonds is 8. The zero-order valence-electron chi connectivity index (χ0n) is 14.4. The highest BCUT2D eigenvalue weighted by Gasteiger charge is 2.25. The predicted octanol–water partition coefficient (Wildman–Crippen LogP) is 0.462. The summed E-state index contributed by atoms with van der Waals surface area (Å²) in [5.41, 5.74) is 0. The van der Waals surface area contributed by atoms with Gasteiger partial charge in [0.05, 0.1) is 6.54 Å². The molecule has 1 saturated carbocycles. The largest absolute Gasteiger partial charge is 0.488 e. The first-order valence-corrected chi connectivity index (χ1v) is 8.89. The molecule has 2 aliphatic rings. The van der Waals surface area contributed by atoms with Gasteiger partial charge < -0.3 is 15.2 Å². The first kappa shape index (κ1) is 18.1. The lowest BCUT2D eigenvalue weighted by Crippen LogP contribution is -2.51. The van der Waals surface area contributed by atoms with Crippen LogP contribution in [-0.2, 0) is 4.79 Å². The van der Waals surface area contributed by atoms with Crippen LogP contribution in [0.25, 0.3) is 0 Å². The molecule has 0 spiro atoms.